The van der Waals surface area contributed by atoms with Crippen molar-refractivity contribution < 1.29 is 22.4 Å². The van der Waals surface area contributed by atoms with Crippen LogP contribution in [0.5, 0.6) is 0 Å². The van der Waals surface area contributed by atoms with Crippen molar-refractivity contribution in [2.45, 2.75) is 38.8 Å². The van der Waals surface area contributed by atoms with Crippen LogP contribution < -0.4 is 9.62 Å². The molecule has 0 saturated carbocycles. The van der Waals surface area contributed by atoms with E-state index in [-0.39, 0.29) is 37.7 Å². The minimum Gasteiger partial charge on any atom is -0.357 e. The molecule has 0 aromatic heterocycles. The third-order valence-electron chi connectivity index (χ3n) is 6.26. The highest BCUT2D eigenvalue weighted by Gasteiger charge is 2.30. The van der Waals surface area contributed by atoms with Crippen LogP contribution in [0.3, 0.4) is 0 Å². The summed E-state index contributed by atoms with van der Waals surface area (Å²) in [5, 5.41) is 2.66. The van der Waals surface area contributed by atoms with Crippen molar-refractivity contribution in [3.05, 3.63) is 101 Å². The molecule has 0 saturated heterocycles. The lowest BCUT2D eigenvalue weighted by molar-refractivity contribution is -0.141. The Kier molecular flexibility index (Phi) is 10.0. The van der Waals surface area contributed by atoms with Crippen molar-refractivity contribution >= 4 is 27.5 Å². The molecule has 0 bridgehead atoms. The summed E-state index contributed by atoms with van der Waals surface area (Å²) in [7, 11) is -2.05. The van der Waals surface area contributed by atoms with Gasteiger partial charge in [-0.25, -0.2) is 12.8 Å². The number of carbonyl (C=O) groups excluding carboxylic acids is 2. The monoisotopic (exact) mass is 539 g/mol. The number of sulfonamides is 1. The Bertz CT molecular complexity index is 1310. The summed E-state index contributed by atoms with van der Waals surface area (Å²) >= 11 is 0. The lowest BCUT2D eigenvalue weighted by Crippen LogP contribution is -2.49. The Morgan fingerprint density at radius 2 is 1.55 bits per heavy atom. The van der Waals surface area contributed by atoms with Crippen molar-refractivity contribution in [3.8, 4) is 0 Å². The van der Waals surface area contributed by atoms with Crippen LogP contribution in [-0.4, -0.2) is 51.0 Å². The maximum absolute atomic E-state index is 13.6. The smallest absolute Gasteiger partial charge is 0.242 e. The molecule has 1 atom stereocenters. The molecule has 9 heteroatoms. The Labute approximate surface area is 224 Å². The molecule has 3 aromatic rings. The fourth-order valence-corrected chi connectivity index (χ4v) is 5.19. The van der Waals surface area contributed by atoms with E-state index in [1.165, 1.54) is 28.4 Å². The molecule has 1 N–H and O–H groups in total. The molecule has 0 aliphatic carbocycles. The molecule has 202 valence electrons. The molecule has 3 aromatic carbocycles. The number of likely N-dealkylation sites (N-methyl/N-ethyl adjacent to an activating group) is 1. The number of nitrogens with zero attached hydrogens (tertiary/aromatic N) is 2. The molecular formula is C29H34FN3O4S. The fourth-order valence-electron chi connectivity index (χ4n) is 4.22. The standard InChI is InChI=1S/C29H34FN3O4S/c1-22-11-17-26(18-12-22)33(38(3,36)37)19-7-10-28(34)32(21-24-13-15-25(30)16-14-24)27(29(35)31-2)20-23-8-5-4-6-9-23/h4-6,8-9,11-18,27H,7,10,19-21H2,1-3H3,(H,31,35)/t27-/m1/s1. The molecule has 0 spiro atoms. The van der Waals surface area contributed by atoms with Crippen molar-refractivity contribution in [2.24, 2.45) is 0 Å². The highest BCUT2D eigenvalue weighted by atomic mass is 32.2. The van der Waals surface area contributed by atoms with Gasteiger partial charge in [-0.3, -0.25) is 13.9 Å². The molecule has 0 unspecified atom stereocenters. The van der Waals surface area contributed by atoms with Gasteiger partial charge in [0.15, 0.2) is 0 Å². The highest BCUT2D eigenvalue weighted by Crippen LogP contribution is 2.21. The van der Waals surface area contributed by atoms with Gasteiger partial charge >= 0.3 is 0 Å². The zero-order valence-electron chi connectivity index (χ0n) is 21.9. The van der Waals surface area contributed by atoms with Crippen molar-refractivity contribution in [2.75, 3.05) is 24.2 Å². The van der Waals surface area contributed by atoms with Crippen LogP contribution in [0.15, 0.2) is 78.9 Å². The second kappa shape index (κ2) is 13.2. The van der Waals surface area contributed by atoms with Crippen molar-refractivity contribution in [3.63, 3.8) is 0 Å². The molecule has 7 nitrogen and oxygen atoms in total. The minimum absolute atomic E-state index is 0.0291. The van der Waals surface area contributed by atoms with E-state index in [4.69, 9.17) is 0 Å². The predicted octanol–water partition coefficient (Wildman–Crippen LogP) is 4.07. The number of halogens is 1. The number of amides is 2. The van der Waals surface area contributed by atoms with Gasteiger partial charge in [-0.15, -0.1) is 0 Å². The Morgan fingerprint density at radius 3 is 2.13 bits per heavy atom. The largest absolute Gasteiger partial charge is 0.357 e. The third kappa shape index (κ3) is 8.14. The highest BCUT2D eigenvalue weighted by molar-refractivity contribution is 7.92. The summed E-state index contributed by atoms with van der Waals surface area (Å²) in [6.45, 7) is 2.14. The summed E-state index contributed by atoms with van der Waals surface area (Å²) in [5.41, 5.74) is 3.10. The maximum Gasteiger partial charge on any atom is 0.242 e. The molecule has 0 aliphatic heterocycles. The zero-order chi connectivity index (χ0) is 27.7. The molecule has 2 amide bonds. The predicted molar refractivity (Wildman–Crippen MR) is 148 cm³/mol. The second-order valence-corrected chi connectivity index (χ2v) is 11.1. The van der Waals surface area contributed by atoms with Gasteiger partial charge in [-0.1, -0.05) is 60.2 Å². The maximum atomic E-state index is 13.6. The van der Waals surface area contributed by atoms with Gasteiger partial charge in [0.05, 0.1) is 11.9 Å². The van der Waals surface area contributed by atoms with E-state index < -0.39 is 21.9 Å². The van der Waals surface area contributed by atoms with E-state index in [2.05, 4.69) is 5.32 Å². The van der Waals surface area contributed by atoms with Crippen LogP contribution in [-0.2, 0) is 32.6 Å². The van der Waals surface area contributed by atoms with Crippen LogP contribution in [0.1, 0.15) is 29.5 Å². The van der Waals surface area contributed by atoms with E-state index >= 15 is 0 Å². The minimum atomic E-state index is -3.57. The summed E-state index contributed by atoms with van der Waals surface area (Å²) < 4.78 is 39.8. The van der Waals surface area contributed by atoms with Gasteiger partial charge in [0, 0.05) is 33.0 Å². The van der Waals surface area contributed by atoms with E-state index in [1.54, 1.807) is 24.3 Å². The van der Waals surface area contributed by atoms with E-state index in [0.29, 0.717) is 17.7 Å². The number of anilines is 1. The summed E-state index contributed by atoms with van der Waals surface area (Å²) in [4.78, 5) is 28.1. The molecule has 3 rings (SSSR count). The number of aryl methyl sites for hydroxylation is 1. The normalized spacial score (nSPS) is 12.0. The van der Waals surface area contributed by atoms with Crippen LogP contribution in [0, 0.1) is 12.7 Å². The average molecular weight is 540 g/mol. The Balaban J connectivity index is 1.83. The van der Waals surface area contributed by atoms with Crippen LogP contribution in [0.2, 0.25) is 0 Å². The SMILES string of the molecule is CNC(=O)[C@@H](Cc1ccccc1)N(Cc1ccc(F)cc1)C(=O)CCCN(c1ccc(C)cc1)S(C)(=O)=O. The first kappa shape index (κ1) is 28.8. The quantitative estimate of drug-likeness (QED) is 0.376. The van der Waals surface area contributed by atoms with Crippen LogP contribution >= 0.6 is 0 Å². The molecule has 0 heterocycles. The summed E-state index contributed by atoms with van der Waals surface area (Å²) in [5.74, 6) is -1.01. The second-order valence-electron chi connectivity index (χ2n) is 9.24. The van der Waals surface area contributed by atoms with Gasteiger partial charge in [-0.05, 0) is 48.7 Å². The number of benzene rings is 3. The lowest BCUT2D eigenvalue weighted by atomic mass is 10.0. The number of rotatable bonds is 12. The van der Waals surface area contributed by atoms with Crippen molar-refractivity contribution in [1.82, 2.24) is 10.2 Å². The van der Waals surface area contributed by atoms with Gasteiger partial charge < -0.3 is 10.2 Å². The number of nitrogens with one attached hydrogen (secondary N) is 1. The van der Waals surface area contributed by atoms with E-state index in [9.17, 15) is 22.4 Å². The Hall–Kier alpha value is -3.72. The zero-order valence-corrected chi connectivity index (χ0v) is 22.7. The van der Waals surface area contributed by atoms with Crippen LogP contribution in [0.4, 0.5) is 10.1 Å². The van der Waals surface area contributed by atoms with E-state index in [1.807, 2.05) is 49.4 Å². The fraction of sp³-hybridized carbons (Fsp3) is 0.310. The van der Waals surface area contributed by atoms with E-state index in [0.717, 1.165) is 17.4 Å². The van der Waals surface area contributed by atoms with Gasteiger partial charge in [0.2, 0.25) is 21.8 Å². The topological polar surface area (TPSA) is 86.8 Å². The number of carbonyl (C=O) groups is 2. The summed E-state index contributed by atoms with van der Waals surface area (Å²) in [6, 6.07) is 21.5. The number of hydrogen-bond acceptors (Lipinski definition) is 4. The molecule has 38 heavy (non-hydrogen) atoms. The van der Waals surface area contributed by atoms with Crippen LogP contribution in [0.25, 0.3) is 0 Å². The average Bonchev–Trinajstić information content (AvgIpc) is 2.89. The molecular weight excluding hydrogens is 505 g/mol. The third-order valence-corrected chi connectivity index (χ3v) is 7.45. The first-order chi connectivity index (χ1) is 18.1. The number of hydrogen-bond donors (Lipinski definition) is 1. The lowest BCUT2D eigenvalue weighted by Gasteiger charge is -2.31. The van der Waals surface area contributed by atoms with Gasteiger partial charge in [-0.2, -0.15) is 0 Å². The molecule has 0 radical (unpaired) electrons. The van der Waals surface area contributed by atoms with Gasteiger partial charge in [0.25, 0.3) is 0 Å². The first-order valence-electron chi connectivity index (χ1n) is 12.4. The Morgan fingerprint density at radius 1 is 0.921 bits per heavy atom. The van der Waals surface area contributed by atoms with Gasteiger partial charge in [0.1, 0.15) is 11.9 Å². The first-order valence-corrected chi connectivity index (χ1v) is 14.3. The van der Waals surface area contributed by atoms with Crippen molar-refractivity contribution in [1.29, 1.82) is 0 Å². The molecule has 0 aliphatic rings. The molecule has 0 fully saturated rings. The summed E-state index contributed by atoms with van der Waals surface area (Å²) in [6.07, 6.45) is 1.72.